The van der Waals surface area contributed by atoms with E-state index in [9.17, 15) is 13.5 Å². The number of para-hydroxylation sites is 1. The highest BCUT2D eigenvalue weighted by Crippen LogP contribution is 2.39. The number of nitrogens with zero attached hydrogens (tertiary/aromatic N) is 3. The molecule has 0 unspecified atom stereocenters. The average molecular weight is 454 g/mol. The third-order valence-electron chi connectivity index (χ3n) is 5.04. The van der Waals surface area contributed by atoms with Crippen molar-refractivity contribution in [2.75, 3.05) is 0 Å². The summed E-state index contributed by atoms with van der Waals surface area (Å²) in [7, 11) is -4.03. The van der Waals surface area contributed by atoms with Gasteiger partial charge < -0.3 is 9.67 Å². The number of aromatic nitrogens is 1. The van der Waals surface area contributed by atoms with Crippen molar-refractivity contribution in [2.24, 2.45) is 9.63 Å². The summed E-state index contributed by atoms with van der Waals surface area (Å²) in [5, 5.41) is 16.1. The first kappa shape index (κ1) is 21.1. The maximum atomic E-state index is 12.8. The Bertz CT molecular complexity index is 1410. The molecule has 0 radical (unpaired) electrons. The summed E-state index contributed by atoms with van der Waals surface area (Å²) in [4.78, 5) is 0.0978. The quantitative estimate of drug-likeness (QED) is 0.368. The van der Waals surface area contributed by atoms with Crippen molar-refractivity contribution in [3.05, 3.63) is 88.4 Å². The van der Waals surface area contributed by atoms with Crippen molar-refractivity contribution in [1.82, 2.24) is 4.57 Å². The molecule has 0 fully saturated rings. The van der Waals surface area contributed by atoms with Crippen LogP contribution < -0.4 is 0 Å². The normalized spacial score (nSPS) is 12.1. The largest absolute Gasteiger partial charge is 0.493 e. The third-order valence-corrected chi connectivity index (χ3v) is 6.59. The Labute approximate surface area is 185 Å². The molecule has 31 heavy (non-hydrogen) atoms. The Morgan fingerprint density at radius 3 is 2.45 bits per heavy atom. The first-order chi connectivity index (χ1) is 14.8. The third kappa shape index (κ3) is 4.19. The van der Waals surface area contributed by atoms with Crippen LogP contribution in [0, 0.1) is 13.8 Å². The van der Waals surface area contributed by atoms with Gasteiger partial charge in [-0.3, -0.25) is 0 Å². The summed E-state index contributed by atoms with van der Waals surface area (Å²) in [6.07, 6.45) is 0. The lowest BCUT2D eigenvalue weighted by Gasteiger charge is -2.07. The van der Waals surface area contributed by atoms with E-state index in [-0.39, 0.29) is 16.5 Å². The lowest BCUT2D eigenvalue weighted by Crippen LogP contribution is -1.99. The molecule has 4 aromatic rings. The Hall–Kier alpha value is -3.16. The van der Waals surface area contributed by atoms with E-state index in [2.05, 4.69) is 9.63 Å². The first-order valence-electron chi connectivity index (χ1n) is 9.56. The minimum Gasteiger partial charge on any atom is -0.493 e. The van der Waals surface area contributed by atoms with Crippen molar-refractivity contribution in [3.8, 4) is 5.88 Å². The lowest BCUT2D eigenvalue weighted by molar-refractivity contribution is 0.429. The first-order valence-corrected chi connectivity index (χ1v) is 11.4. The van der Waals surface area contributed by atoms with Crippen LogP contribution in [0.5, 0.6) is 5.88 Å². The van der Waals surface area contributed by atoms with Gasteiger partial charge in [-0.25, -0.2) is 0 Å². The Morgan fingerprint density at radius 1 is 1.00 bits per heavy atom. The second kappa shape index (κ2) is 8.17. The molecule has 1 N–H and O–H groups in total. The van der Waals surface area contributed by atoms with Gasteiger partial charge in [0.2, 0.25) is 5.88 Å². The van der Waals surface area contributed by atoms with E-state index in [0.29, 0.717) is 28.0 Å². The minimum absolute atomic E-state index is 0.0978. The highest BCUT2D eigenvalue weighted by molar-refractivity contribution is 7.90. The summed E-state index contributed by atoms with van der Waals surface area (Å²) < 4.78 is 30.9. The fourth-order valence-corrected chi connectivity index (χ4v) is 4.64. The van der Waals surface area contributed by atoms with Crippen molar-refractivity contribution >= 4 is 38.2 Å². The zero-order valence-corrected chi connectivity index (χ0v) is 18.5. The van der Waals surface area contributed by atoms with E-state index in [1.165, 1.54) is 0 Å². The average Bonchev–Trinajstić information content (AvgIpc) is 3.01. The molecule has 0 amide bonds. The molecule has 8 heteroatoms. The predicted octanol–water partition coefficient (Wildman–Crippen LogP) is 6.14. The van der Waals surface area contributed by atoms with Gasteiger partial charge in [-0.15, -0.1) is 5.11 Å². The zero-order chi connectivity index (χ0) is 22.2. The molecule has 1 heterocycles. The summed E-state index contributed by atoms with van der Waals surface area (Å²) >= 11 is 5.96. The summed E-state index contributed by atoms with van der Waals surface area (Å²) in [5.74, 6) is -0.156. The lowest BCUT2D eigenvalue weighted by atomic mass is 10.2. The Kier molecular flexibility index (Phi) is 5.56. The van der Waals surface area contributed by atoms with Crippen LogP contribution in [0.3, 0.4) is 0 Å². The number of fused-ring (bicyclic) bond motifs is 1. The number of rotatable bonds is 5. The van der Waals surface area contributed by atoms with E-state index >= 15 is 0 Å². The fourth-order valence-electron chi connectivity index (χ4n) is 3.43. The number of hydrogen-bond acceptors (Lipinski definition) is 4. The van der Waals surface area contributed by atoms with Gasteiger partial charge in [0.25, 0.3) is 10.0 Å². The summed E-state index contributed by atoms with van der Waals surface area (Å²) in [5.41, 5.74) is 3.14. The molecular weight excluding hydrogens is 434 g/mol. The molecule has 0 saturated carbocycles. The molecular formula is C23H20ClN3O3S. The van der Waals surface area contributed by atoms with E-state index < -0.39 is 10.0 Å². The molecule has 0 aliphatic rings. The molecule has 1 aromatic heterocycles. The van der Waals surface area contributed by atoms with Crippen molar-refractivity contribution < 1.29 is 13.5 Å². The van der Waals surface area contributed by atoms with Gasteiger partial charge in [0, 0.05) is 10.4 Å². The van der Waals surface area contributed by atoms with Crippen LogP contribution in [-0.4, -0.2) is 18.1 Å². The van der Waals surface area contributed by atoms with E-state index in [1.54, 1.807) is 47.9 Å². The maximum Gasteiger partial charge on any atom is 0.300 e. The van der Waals surface area contributed by atoms with Crippen LogP contribution >= 0.6 is 11.6 Å². The second-order valence-corrected chi connectivity index (χ2v) is 9.32. The van der Waals surface area contributed by atoms with E-state index in [0.717, 1.165) is 11.1 Å². The molecule has 6 nitrogen and oxygen atoms in total. The molecule has 4 rings (SSSR count). The zero-order valence-electron chi connectivity index (χ0n) is 16.9. The standard InChI is InChI=1S/C23H20ClN3O3S/c1-15-7-8-16(2)21(13-15)31(29,30)26-25-22-19-5-3-4-6-20(19)27(23(22)28)14-17-9-11-18(24)12-10-17/h3-13,28H,14H2,1-2H3. The van der Waals surface area contributed by atoms with E-state index in [4.69, 9.17) is 11.6 Å². The van der Waals surface area contributed by atoms with Crippen LogP contribution in [0.4, 0.5) is 5.69 Å². The maximum absolute atomic E-state index is 12.8. The number of halogens is 1. The van der Waals surface area contributed by atoms with Gasteiger partial charge in [0.1, 0.15) is 0 Å². The summed E-state index contributed by atoms with van der Waals surface area (Å²) in [6.45, 7) is 3.88. The smallest absolute Gasteiger partial charge is 0.300 e. The van der Waals surface area contributed by atoms with Crippen LogP contribution in [-0.2, 0) is 16.6 Å². The number of sulfonamides is 1. The highest BCUT2D eigenvalue weighted by Gasteiger charge is 2.20. The van der Waals surface area contributed by atoms with Gasteiger partial charge in [-0.1, -0.05) is 58.6 Å². The van der Waals surface area contributed by atoms with Gasteiger partial charge in [-0.05, 0) is 54.8 Å². The molecule has 0 aliphatic carbocycles. The van der Waals surface area contributed by atoms with Crippen molar-refractivity contribution in [3.63, 3.8) is 0 Å². The van der Waals surface area contributed by atoms with E-state index in [1.807, 2.05) is 37.3 Å². The second-order valence-electron chi connectivity index (χ2n) is 7.33. The molecule has 0 atom stereocenters. The van der Waals surface area contributed by atoms with Crippen LogP contribution in [0.1, 0.15) is 16.7 Å². The number of aryl methyl sites for hydroxylation is 2. The van der Waals surface area contributed by atoms with Crippen molar-refractivity contribution in [1.29, 1.82) is 0 Å². The predicted molar refractivity (Wildman–Crippen MR) is 122 cm³/mol. The van der Waals surface area contributed by atoms with Crippen molar-refractivity contribution in [2.45, 2.75) is 25.3 Å². The molecule has 0 spiro atoms. The molecule has 0 saturated heterocycles. The monoisotopic (exact) mass is 453 g/mol. The van der Waals surface area contributed by atoms with Gasteiger partial charge >= 0.3 is 0 Å². The van der Waals surface area contributed by atoms with Crippen LogP contribution in [0.2, 0.25) is 5.02 Å². The minimum atomic E-state index is -4.03. The number of hydrogen-bond donors (Lipinski definition) is 1. The molecule has 158 valence electrons. The molecule has 0 aliphatic heterocycles. The highest BCUT2D eigenvalue weighted by atomic mass is 35.5. The van der Waals surface area contributed by atoms with Crippen LogP contribution in [0.25, 0.3) is 10.9 Å². The topological polar surface area (TPSA) is 84.0 Å². The fraction of sp³-hybridized carbons (Fsp3) is 0.130. The summed E-state index contributed by atoms with van der Waals surface area (Å²) in [6, 6.07) is 19.7. The Morgan fingerprint density at radius 2 is 1.71 bits per heavy atom. The van der Waals surface area contributed by atoms with Gasteiger partial charge in [-0.2, -0.15) is 8.42 Å². The number of aromatic hydroxyl groups is 1. The molecule has 0 bridgehead atoms. The van der Waals surface area contributed by atoms with Gasteiger partial charge in [0.15, 0.2) is 5.69 Å². The van der Waals surface area contributed by atoms with Crippen LogP contribution in [0.15, 0.2) is 81.3 Å². The number of benzene rings is 3. The molecule has 3 aromatic carbocycles. The Balaban J connectivity index is 1.78. The van der Waals surface area contributed by atoms with Gasteiger partial charge in [0.05, 0.1) is 17.0 Å². The SMILES string of the molecule is Cc1ccc(C)c(S(=O)(=O)N=Nc2c(O)n(Cc3ccc(Cl)cc3)c3ccccc23)c1.